The number of anilines is 1. The fraction of sp³-hybridized carbons (Fsp3) is 0.381. The number of hydrogen-bond acceptors (Lipinski definition) is 6. The second-order valence-electron chi connectivity index (χ2n) is 7.09. The quantitative estimate of drug-likeness (QED) is 0.675. The first-order valence-electron chi connectivity index (χ1n) is 9.49. The number of aryl methyl sites for hydroxylation is 1. The molecule has 0 bridgehead atoms. The topological polar surface area (TPSA) is 72.0 Å². The van der Waals surface area contributed by atoms with Gasteiger partial charge >= 0.3 is 0 Å². The van der Waals surface area contributed by atoms with Crippen LogP contribution < -0.4 is 10.9 Å². The van der Waals surface area contributed by atoms with Crippen molar-refractivity contribution in [1.29, 1.82) is 0 Å². The highest BCUT2D eigenvalue weighted by molar-refractivity contribution is 5.93. The van der Waals surface area contributed by atoms with E-state index in [0.717, 1.165) is 54.0 Å². The zero-order chi connectivity index (χ0) is 18.6. The van der Waals surface area contributed by atoms with Crippen LogP contribution in [0.5, 0.6) is 0 Å². The van der Waals surface area contributed by atoms with Gasteiger partial charge in [0, 0.05) is 47.8 Å². The van der Waals surface area contributed by atoms with Crippen LogP contribution in [-0.4, -0.2) is 34.4 Å². The Morgan fingerprint density at radius 3 is 2.63 bits per heavy atom. The number of aromatic nitrogens is 3. The molecule has 1 unspecified atom stereocenters. The van der Waals surface area contributed by atoms with Crippen molar-refractivity contribution in [3.8, 4) is 0 Å². The minimum atomic E-state index is 0.140. The highest BCUT2D eigenvalue weighted by Gasteiger charge is 2.18. The highest BCUT2D eigenvalue weighted by Crippen LogP contribution is 2.31. The van der Waals surface area contributed by atoms with Crippen LogP contribution in [-0.2, 0) is 4.74 Å². The molecule has 2 aromatic heterocycles. The summed E-state index contributed by atoms with van der Waals surface area (Å²) in [7, 11) is 0. The number of fused-ring (bicyclic) bond motifs is 1. The summed E-state index contributed by atoms with van der Waals surface area (Å²) in [6, 6.07) is 12.8. The second kappa shape index (κ2) is 7.98. The number of ether oxygens (including phenoxy) is 1. The van der Waals surface area contributed by atoms with Crippen molar-refractivity contribution in [2.45, 2.75) is 38.6 Å². The molecule has 0 aliphatic carbocycles. The predicted octanol–water partition coefficient (Wildman–Crippen LogP) is 3.58. The van der Waals surface area contributed by atoms with Crippen LogP contribution in [0.3, 0.4) is 0 Å². The van der Waals surface area contributed by atoms with Crippen LogP contribution in [0, 0.1) is 6.92 Å². The molecular formula is C21H25N5O. The smallest absolute Gasteiger partial charge is 0.170 e. The van der Waals surface area contributed by atoms with Crippen molar-refractivity contribution in [3.63, 3.8) is 0 Å². The molecule has 27 heavy (non-hydrogen) atoms. The molecule has 1 aromatic carbocycles. The van der Waals surface area contributed by atoms with Gasteiger partial charge in [-0.15, -0.1) is 5.10 Å². The van der Waals surface area contributed by atoms with Crippen molar-refractivity contribution in [1.82, 2.24) is 20.6 Å². The van der Waals surface area contributed by atoms with Gasteiger partial charge in [0.15, 0.2) is 5.82 Å². The fourth-order valence-corrected chi connectivity index (χ4v) is 3.54. The third-order valence-electron chi connectivity index (χ3n) is 5.16. The molecule has 0 radical (unpaired) electrons. The molecule has 6 heteroatoms. The molecule has 2 N–H and O–H groups in total. The predicted molar refractivity (Wildman–Crippen MR) is 107 cm³/mol. The van der Waals surface area contributed by atoms with Gasteiger partial charge in [0.1, 0.15) is 0 Å². The Morgan fingerprint density at radius 2 is 1.85 bits per heavy atom. The van der Waals surface area contributed by atoms with Gasteiger partial charge < -0.3 is 10.2 Å². The first-order valence-corrected chi connectivity index (χ1v) is 9.49. The van der Waals surface area contributed by atoms with Crippen LogP contribution in [0.4, 0.5) is 5.82 Å². The summed E-state index contributed by atoms with van der Waals surface area (Å²) in [5.41, 5.74) is 9.85. The molecular weight excluding hydrogens is 338 g/mol. The molecule has 0 saturated carbocycles. The summed E-state index contributed by atoms with van der Waals surface area (Å²) >= 11 is 0. The number of benzene rings is 1. The summed E-state index contributed by atoms with van der Waals surface area (Å²) < 4.78 is 5.41. The third kappa shape index (κ3) is 3.91. The average Bonchev–Trinajstić information content (AvgIpc) is 2.72. The zero-order valence-electron chi connectivity index (χ0n) is 15.8. The minimum Gasteiger partial charge on any atom is -0.381 e. The van der Waals surface area contributed by atoms with E-state index in [1.807, 2.05) is 31.3 Å². The lowest BCUT2D eigenvalue weighted by Crippen LogP contribution is -2.38. The molecule has 3 heterocycles. The molecule has 1 atom stereocenters. The lowest BCUT2D eigenvalue weighted by atomic mass is 9.94. The Bertz CT molecular complexity index is 923. The SMILES string of the molecule is Cc1cc(C(C)c2nnc(NNC3CCOCC3)c3ccccc23)ccn1. The zero-order valence-corrected chi connectivity index (χ0v) is 15.8. The van der Waals surface area contributed by atoms with Crippen molar-refractivity contribution >= 4 is 16.6 Å². The van der Waals surface area contributed by atoms with E-state index in [1.54, 1.807) is 0 Å². The van der Waals surface area contributed by atoms with E-state index < -0.39 is 0 Å². The normalized spacial score (nSPS) is 16.4. The standard InChI is InChI=1S/C21H25N5O/c1-14-13-16(7-10-22-14)15(2)20-18-5-3-4-6-19(18)21(26-24-20)25-23-17-8-11-27-12-9-17/h3-7,10,13,15,17,23H,8-9,11-12H2,1-2H3,(H,25,26). The van der Waals surface area contributed by atoms with Gasteiger partial charge in [0.05, 0.1) is 5.69 Å². The molecule has 140 valence electrons. The van der Waals surface area contributed by atoms with Crippen molar-refractivity contribution in [2.24, 2.45) is 0 Å². The lowest BCUT2D eigenvalue weighted by molar-refractivity contribution is 0.0798. The Kier molecular flexibility index (Phi) is 5.27. The fourth-order valence-electron chi connectivity index (χ4n) is 3.54. The van der Waals surface area contributed by atoms with E-state index in [9.17, 15) is 0 Å². The third-order valence-corrected chi connectivity index (χ3v) is 5.16. The molecule has 1 aliphatic rings. The summed E-state index contributed by atoms with van der Waals surface area (Å²) in [5.74, 6) is 0.903. The maximum Gasteiger partial charge on any atom is 0.170 e. The number of nitrogens with one attached hydrogen (secondary N) is 2. The largest absolute Gasteiger partial charge is 0.381 e. The van der Waals surface area contributed by atoms with Crippen LogP contribution in [0.25, 0.3) is 10.8 Å². The average molecular weight is 363 g/mol. The Hall–Kier alpha value is -2.57. The van der Waals surface area contributed by atoms with Gasteiger partial charge in [0.2, 0.25) is 0 Å². The van der Waals surface area contributed by atoms with Crippen LogP contribution in [0.2, 0.25) is 0 Å². The van der Waals surface area contributed by atoms with E-state index >= 15 is 0 Å². The first kappa shape index (κ1) is 17.8. The van der Waals surface area contributed by atoms with Gasteiger partial charge in [-0.05, 0) is 37.5 Å². The Labute approximate surface area is 159 Å². The molecule has 6 nitrogen and oxygen atoms in total. The molecule has 0 spiro atoms. The lowest BCUT2D eigenvalue weighted by Gasteiger charge is -2.24. The number of rotatable bonds is 5. The van der Waals surface area contributed by atoms with Crippen molar-refractivity contribution < 1.29 is 4.74 Å². The monoisotopic (exact) mass is 363 g/mol. The Morgan fingerprint density at radius 1 is 1.07 bits per heavy atom. The van der Waals surface area contributed by atoms with E-state index in [4.69, 9.17) is 4.74 Å². The minimum absolute atomic E-state index is 0.140. The van der Waals surface area contributed by atoms with Crippen molar-refractivity contribution in [3.05, 3.63) is 59.5 Å². The molecule has 3 aromatic rings. The van der Waals surface area contributed by atoms with E-state index in [2.05, 4.69) is 51.2 Å². The number of hydrazine groups is 1. The maximum atomic E-state index is 5.41. The second-order valence-corrected chi connectivity index (χ2v) is 7.09. The molecule has 1 saturated heterocycles. The van der Waals surface area contributed by atoms with Gasteiger partial charge in [-0.25, -0.2) is 5.43 Å². The Balaban J connectivity index is 1.63. The summed E-state index contributed by atoms with van der Waals surface area (Å²) in [6.07, 6.45) is 3.84. The van der Waals surface area contributed by atoms with E-state index in [1.165, 1.54) is 5.56 Å². The molecule has 4 rings (SSSR count). The van der Waals surface area contributed by atoms with Crippen LogP contribution in [0.15, 0.2) is 42.6 Å². The highest BCUT2D eigenvalue weighted by atomic mass is 16.5. The number of pyridine rings is 1. The maximum absolute atomic E-state index is 5.41. The van der Waals surface area contributed by atoms with Gasteiger partial charge in [0.25, 0.3) is 0 Å². The summed E-state index contributed by atoms with van der Waals surface area (Å²) in [4.78, 5) is 4.30. The van der Waals surface area contributed by atoms with Gasteiger partial charge in [-0.1, -0.05) is 31.2 Å². The summed E-state index contributed by atoms with van der Waals surface area (Å²) in [5, 5.41) is 11.3. The number of nitrogens with zero attached hydrogens (tertiary/aromatic N) is 3. The van der Waals surface area contributed by atoms with E-state index in [-0.39, 0.29) is 5.92 Å². The first-order chi connectivity index (χ1) is 13.2. The molecule has 1 fully saturated rings. The van der Waals surface area contributed by atoms with Gasteiger partial charge in [-0.3, -0.25) is 4.98 Å². The molecule has 1 aliphatic heterocycles. The van der Waals surface area contributed by atoms with Crippen LogP contribution >= 0.6 is 0 Å². The molecule has 0 amide bonds. The van der Waals surface area contributed by atoms with Crippen LogP contribution in [0.1, 0.15) is 42.6 Å². The van der Waals surface area contributed by atoms with E-state index in [0.29, 0.717) is 6.04 Å². The van der Waals surface area contributed by atoms with Gasteiger partial charge in [-0.2, -0.15) is 5.10 Å². The van der Waals surface area contributed by atoms with Crippen molar-refractivity contribution in [2.75, 3.05) is 18.6 Å². The summed E-state index contributed by atoms with van der Waals surface area (Å²) in [6.45, 7) is 5.77. The number of hydrogen-bond donors (Lipinski definition) is 2.